The monoisotopic (exact) mass is 283 g/mol. The normalized spacial score (nSPS) is 22.2. The van der Waals surface area contributed by atoms with Crippen molar-refractivity contribution in [1.82, 2.24) is 5.32 Å². The van der Waals surface area contributed by atoms with Gasteiger partial charge in [0.15, 0.2) is 9.84 Å². The lowest BCUT2D eigenvalue weighted by atomic mass is 10.4. The maximum absolute atomic E-state index is 11.4. The minimum atomic E-state index is -2.81. The Labute approximate surface area is 107 Å². The highest BCUT2D eigenvalue weighted by Crippen LogP contribution is 2.23. The fraction of sp³-hybridized carbons (Fsp3) is 1.00. The van der Waals surface area contributed by atoms with Gasteiger partial charge in [-0.05, 0) is 6.42 Å². The van der Waals surface area contributed by atoms with Crippen molar-refractivity contribution in [1.29, 1.82) is 0 Å². The zero-order valence-corrected chi connectivity index (χ0v) is 12.2. The highest BCUT2D eigenvalue weighted by molar-refractivity contribution is 8.06. The van der Waals surface area contributed by atoms with Crippen molar-refractivity contribution in [3.8, 4) is 0 Å². The molecule has 0 aromatic carbocycles. The Kier molecular flexibility index (Phi) is 7.19. The second kappa shape index (κ2) is 7.84. The topological polar surface area (TPSA) is 46.2 Å². The maximum Gasteiger partial charge on any atom is 0.151 e. The van der Waals surface area contributed by atoms with Crippen molar-refractivity contribution in [3.63, 3.8) is 0 Å². The number of nitrogens with one attached hydrogen (secondary N) is 1. The van der Waals surface area contributed by atoms with E-state index in [1.54, 1.807) is 0 Å². The van der Waals surface area contributed by atoms with Gasteiger partial charge in [-0.1, -0.05) is 6.92 Å². The minimum absolute atomic E-state index is 0.283. The summed E-state index contributed by atoms with van der Waals surface area (Å²) in [6, 6.07) is 0. The summed E-state index contributed by atoms with van der Waals surface area (Å²) in [6.45, 7) is 3.45. The van der Waals surface area contributed by atoms with Crippen LogP contribution in [0.15, 0.2) is 0 Å². The molecule has 1 aliphatic rings. The molecule has 1 heterocycles. The van der Waals surface area contributed by atoms with Gasteiger partial charge in [-0.25, -0.2) is 8.42 Å². The molecule has 0 spiro atoms. The fourth-order valence-corrected chi connectivity index (χ4v) is 5.49. The Balaban J connectivity index is 2.06. The summed E-state index contributed by atoms with van der Waals surface area (Å²) in [6.07, 6.45) is 0.720. The van der Waals surface area contributed by atoms with Crippen LogP contribution in [0.2, 0.25) is 0 Å². The Hall–Kier alpha value is 0.610. The third kappa shape index (κ3) is 6.37. The smallest absolute Gasteiger partial charge is 0.151 e. The van der Waals surface area contributed by atoms with Crippen molar-refractivity contribution < 1.29 is 8.42 Å². The first-order valence-electron chi connectivity index (χ1n) is 5.74. The van der Waals surface area contributed by atoms with Crippen molar-refractivity contribution in [2.45, 2.75) is 18.6 Å². The van der Waals surface area contributed by atoms with E-state index in [1.165, 1.54) is 17.3 Å². The van der Waals surface area contributed by atoms with Crippen LogP contribution in [0, 0.1) is 0 Å². The molecule has 1 rings (SSSR count). The Morgan fingerprint density at radius 3 is 2.75 bits per heavy atom. The molecule has 0 radical (unpaired) electrons. The molecular weight excluding hydrogens is 262 g/mol. The second-order valence-corrected chi connectivity index (χ2v) is 8.79. The first-order chi connectivity index (χ1) is 7.64. The standard InChI is InChI=1S/C10H21NO2S3/c1-2-6-16(12,13)7-3-11-8-10-9-14-4-5-15-10/h10-11H,2-9H2,1H3. The van der Waals surface area contributed by atoms with Crippen LogP contribution >= 0.6 is 23.5 Å². The van der Waals surface area contributed by atoms with Crippen LogP contribution in [0.5, 0.6) is 0 Å². The maximum atomic E-state index is 11.4. The molecular formula is C10H21NO2S3. The molecule has 1 N–H and O–H groups in total. The highest BCUT2D eigenvalue weighted by Gasteiger charge is 2.14. The quantitative estimate of drug-likeness (QED) is 0.713. The van der Waals surface area contributed by atoms with Crippen molar-refractivity contribution in [2.75, 3.05) is 41.9 Å². The van der Waals surface area contributed by atoms with Crippen LogP contribution < -0.4 is 5.32 Å². The van der Waals surface area contributed by atoms with E-state index in [-0.39, 0.29) is 5.75 Å². The number of hydrogen-bond acceptors (Lipinski definition) is 5. The number of sulfone groups is 1. The van der Waals surface area contributed by atoms with Gasteiger partial charge >= 0.3 is 0 Å². The van der Waals surface area contributed by atoms with E-state index < -0.39 is 9.84 Å². The molecule has 6 heteroatoms. The van der Waals surface area contributed by atoms with Gasteiger partial charge < -0.3 is 5.32 Å². The van der Waals surface area contributed by atoms with E-state index in [2.05, 4.69) is 5.32 Å². The van der Waals surface area contributed by atoms with Gasteiger partial charge in [0, 0.05) is 41.4 Å². The lowest BCUT2D eigenvalue weighted by Crippen LogP contribution is -2.32. The molecule has 1 aliphatic heterocycles. The molecule has 96 valence electrons. The lowest BCUT2D eigenvalue weighted by Gasteiger charge is -2.21. The zero-order valence-electron chi connectivity index (χ0n) is 9.78. The molecule has 1 fully saturated rings. The molecule has 0 bridgehead atoms. The van der Waals surface area contributed by atoms with Crippen molar-refractivity contribution >= 4 is 33.4 Å². The highest BCUT2D eigenvalue weighted by atomic mass is 32.2. The molecule has 0 aromatic rings. The van der Waals surface area contributed by atoms with Gasteiger partial charge in [0.05, 0.1) is 5.75 Å². The molecule has 1 unspecified atom stereocenters. The van der Waals surface area contributed by atoms with E-state index >= 15 is 0 Å². The Morgan fingerprint density at radius 2 is 2.12 bits per heavy atom. The average molecular weight is 283 g/mol. The van der Waals surface area contributed by atoms with Crippen LogP contribution in [-0.4, -0.2) is 55.5 Å². The average Bonchev–Trinajstić information content (AvgIpc) is 2.26. The summed E-state index contributed by atoms with van der Waals surface area (Å²) < 4.78 is 22.9. The Bertz CT molecular complexity index is 274. The summed E-state index contributed by atoms with van der Waals surface area (Å²) in [4.78, 5) is 0. The van der Waals surface area contributed by atoms with Gasteiger partial charge in [-0.15, -0.1) is 0 Å². The number of rotatable bonds is 7. The van der Waals surface area contributed by atoms with Crippen molar-refractivity contribution in [3.05, 3.63) is 0 Å². The summed E-state index contributed by atoms with van der Waals surface area (Å²) in [5, 5.41) is 3.92. The van der Waals surface area contributed by atoms with Gasteiger partial charge in [0.25, 0.3) is 0 Å². The number of thioether (sulfide) groups is 2. The third-order valence-electron chi connectivity index (χ3n) is 2.36. The van der Waals surface area contributed by atoms with E-state index in [9.17, 15) is 8.42 Å². The summed E-state index contributed by atoms with van der Waals surface area (Å²) in [5.74, 6) is 4.28. The molecule has 16 heavy (non-hydrogen) atoms. The van der Waals surface area contributed by atoms with Gasteiger partial charge in [0.1, 0.15) is 0 Å². The second-order valence-electron chi connectivity index (χ2n) is 3.92. The van der Waals surface area contributed by atoms with Gasteiger partial charge in [-0.2, -0.15) is 23.5 Å². The van der Waals surface area contributed by atoms with E-state index in [1.807, 2.05) is 30.4 Å². The summed E-state index contributed by atoms with van der Waals surface area (Å²) >= 11 is 3.99. The first kappa shape index (κ1) is 14.7. The van der Waals surface area contributed by atoms with E-state index in [0.717, 1.165) is 13.0 Å². The van der Waals surface area contributed by atoms with Gasteiger partial charge in [0.2, 0.25) is 0 Å². The van der Waals surface area contributed by atoms with E-state index in [0.29, 0.717) is 17.5 Å². The van der Waals surface area contributed by atoms with Gasteiger partial charge in [-0.3, -0.25) is 0 Å². The predicted octanol–water partition coefficient (Wildman–Crippen LogP) is 1.25. The Morgan fingerprint density at radius 1 is 1.31 bits per heavy atom. The number of hydrogen-bond donors (Lipinski definition) is 1. The largest absolute Gasteiger partial charge is 0.315 e. The first-order valence-corrected chi connectivity index (χ1v) is 9.77. The van der Waals surface area contributed by atoms with E-state index in [4.69, 9.17) is 0 Å². The minimum Gasteiger partial charge on any atom is -0.315 e. The lowest BCUT2D eigenvalue weighted by molar-refractivity contribution is 0.589. The molecule has 0 saturated carbocycles. The van der Waals surface area contributed by atoms with Crippen LogP contribution in [0.1, 0.15) is 13.3 Å². The molecule has 0 aliphatic carbocycles. The molecule has 1 atom stereocenters. The zero-order chi connectivity index (χ0) is 11.9. The van der Waals surface area contributed by atoms with Crippen LogP contribution in [0.25, 0.3) is 0 Å². The predicted molar refractivity (Wildman–Crippen MR) is 75.4 cm³/mol. The molecule has 0 amide bonds. The summed E-state index contributed by atoms with van der Waals surface area (Å²) in [5.41, 5.74) is 0. The third-order valence-corrected chi connectivity index (χ3v) is 7.06. The summed E-state index contributed by atoms with van der Waals surface area (Å²) in [7, 11) is -2.81. The van der Waals surface area contributed by atoms with Crippen LogP contribution in [0.4, 0.5) is 0 Å². The molecule has 3 nitrogen and oxygen atoms in total. The molecule has 0 aromatic heterocycles. The van der Waals surface area contributed by atoms with Crippen LogP contribution in [-0.2, 0) is 9.84 Å². The fourth-order valence-electron chi connectivity index (χ4n) is 1.56. The molecule has 1 saturated heterocycles. The SMILES string of the molecule is CCCS(=O)(=O)CCNCC1CSCCS1. The van der Waals surface area contributed by atoms with Crippen molar-refractivity contribution in [2.24, 2.45) is 0 Å². The van der Waals surface area contributed by atoms with Crippen LogP contribution in [0.3, 0.4) is 0 Å².